The number of carboxylic acid groups (broad SMARTS) is 1. The van der Waals surface area contributed by atoms with Crippen LogP contribution in [0.2, 0.25) is 0 Å². The summed E-state index contributed by atoms with van der Waals surface area (Å²) in [6, 6.07) is 33.0. The van der Waals surface area contributed by atoms with Crippen molar-refractivity contribution in [3.05, 3.63) is 137 Å². The molecule has 0 unspecified atom stereocenters. The van der Waals surface area contributed by atoms with Crippen molar-refractivity contribution in [1.29, 1.82) is 0 Å². The first-order valence-electron chi connectivity index (χ1n) is 11.4. The van der Waals surface area contributed by atoms with E-state index in [1.807, 2.05) is 60.7 Å². The third-order valence-corrected chi connectivity index (χ3v) is 5.28. The number of ether oxygens (including phenoxy) is 2. The van der Waals surface area contributed by atoms with Crippen LogP contribution < -0.4 is 14.8 Å². The molecule has 6 heteroatoms. The normalized spacial score (nSPS) is 10.9. The van der Waals surface area contributed by atoms with Gasteiger partial charge in [0.05, 0.1) is 0 Å². The van der Waals surface area contributed by atoms with Crippen molar-refractivity contribution >= 4 is 18.0 Å². The molecule has 2 N–H and O–H groups in total. The van der Waals surface area contributed by atoms with Gasteiger partial charge in [0.1, 0.15) is 30.4 Å². The number of hydrogen-bond acceptors (Lipinski definition) is 4. The summed E-state index contributed by atoms with van der Waals surface area (Å²) in [6.45, 7) is 0.657. The van der Waals surface area contributed by atoms with Gasteiger partial charge < -0.3 is 19.9 Å². The average Bonchev–Trinajstić information content (AvgIpc) is 2.92. The van der Waals surface area contributed by atoms with Crippen LogP contribution in [0.25, 0.3) is 6.08 Å². The first-order valence-corrected chi connectivity index (χ1v) is 11.4. The van der Waals surface area contributed by atoms with E-state index in [0.29, 0.717) is 29.2 Å². The maximum atomic E-state index is 12.6. The number of carbonyl (C=O) groups excluding carboxylic acids is 1. The molecule has 0 aliphatic carbocycles. The largest absolute Gasteiger partial charge is 0.489 e. The molecule has 0 atom stereocenters. The first kappa shape index (κ1) is 24.3. The molecular weight excluding hydrogens is 454 g/mol. The zero-order valence-electron chi connectivity index (χ0n) is 19.5. The lowest BCUT2D eigenvalue weighted by molar-refractivity contribution is -0.132. The molecule has 4 aromatic carbocycles. The molecule has 0 aliphatic rings. The van der Waals surface area contributed by atoms with E-state index in [1.54, 1.807) is 48.5 Å². The summed E-state index contributed by atoms with van der Waals surface area (Å²) >= 11 is 0. The number of benzene rings is 4. The Morgan fingerprint density at radius 1 is 0.722 bits per heavy atom. The lowest BCUT2D eigenvalue weighted by Gasteiger charge is -2.14. The molecule has 0 saturated heterocycles. The lowest BCUT2D eigenvalue weighted by atomic mass is 10.1. The van der Waals surface area contributed by atoms with Crippen LogP contribution in [-0.4, -0.2) is 17.0 Å². The smallest absolute Gasteiger partial charge is 0.352 e. The van der Waals surface area contributed by atoms with Crippen molar-refractivity contribution in [1.82, 2.24) is 5.32 Å². The first-order chi connectivity index (χ1) is 17.6. The van der Waals surface area contributed by atoms with E-state index in [4.69, 9.17) is 9.47 Å². The summed E-state index contributed by atoms with van der Waals surface area (Å²) in [7, 11) is 0. The van der Waals surface area contributed by atoms with Crippen LogP contribution in [0.5, 0.6) is 11.5 Å². The summed E-state index contributed by atoms with van der Waals surface area (Å²) in [4.78, 5) is 24.5. The second-order valence-electron chi connectivity index (χ2n) is 7.93. The number of nitrogens with one attached hydrogen (secondary N) is 1. The van der Waals surface area contributed by atoms with Crippen LogP contribution >= 0.6 is 0 Å². The number of aliphatic carboxylic acids is 1. The summed E-state index contributed by atoms with van der Waals surface area (Å²) < 4.78 is 12.0. The van der Waals surface area contributed by atoms with Crippen LogP contribution in [0.4, 0.5) is 0 Å². The predicted octanol–water partition coefficient (Wildman–Crippen LogP) is 5.70. The minimum Gasteiger partial charge on any atom is -0.489 e. The number of rotatable bonds is 10. The van der Waals surface area contributed by atoms with E-state index >= 15 is 0 Å². The third kappa shape index (κ3) is 6.84. The van der Waals surface area contributed by atoms with Crippen LogP contribution in [-0.2, 0) is 18.0 Å². The highest BCUT2D eigenvalue weighted by atomic mass is 16.5. The van der Waals surface area contributed by atoms with Gasteiger partial charge in [0.15, 0.2) is 0 Å². The van der Waals surface area contributed by atoms with Gasteiger partial charge in [-0.2, -0.15) is 0 Å². The van der Waals surface area contributed by atoms with Gasteiger partial charge in [-0.05, 0) is 41.5 Å². The van der Waals surface area contributed by atoms with Gasteiger partial charge in [0, 0.05) is 17.2 Å². The Bertz CT molecular complexity index is 1340. The molecule has 0 fully saturated rings. The molecule has 4 rings (SSSR count). The van der Waals surface area contributed by atoms with Crippen molar-refractivity contribution in [2.24, 2.45) is 0 Å². The fourth-order valence-electron chi connectivity index (χ4n) is 3.42. The Labute approximate surface area is 209 Å². The highest BCUT2D eigenvalue weighted by molar-refractivity contribution is 6.02. The van der Waals surface area contributed by atoms with E-state index in [9.17, 15) is 14.7 Å². The third-order valence-electron chi connectivity index (χ3n) is 5.28. The molecular formula is C30H25NO5. The number of carbonyl (C=O) groups is 2. The van der Waals surface area contributed by atoms with Gasteiger partial charge in [-0.25, -0.2) is 4.79 Å². The summed E-state index contributed by atoms with van der Waals surface area (Å²) in [5, 5.41) is 12.2. The van der Waals surface area contributed by atoms with Crippen molar-refractivity contribution in [2.45, 2.75) is 13.2 Å². The van der Waals surface area contributed by atoms with Gasteiger partial charge in [-0.3, -0.25) is 4.79 Å². The molecule has 4 aromatic rings. The maximum Gasteiger partial charge on any atom is 0.352 e. The molecule has 0 aromatic heterocycles. The minimum atomic E-state index is -1.27. The number of amides is 1. The summed E-state index contributed by atoms with van der Waals surface area (Å²) in [6.07, 6.45) is 1.38. The summed E-state index contributed by atoms with van der Waals surface area (Å²) in [5.74, 6) is -0.780. The van der Waals surface area contributed by atoms with E-state index in [-0.39, 0.29) is 12.3 Å². The molecule has 6 nitrogen and oxygen atoms in total. The highest BCUT2D eigenvalue weighted by Crippen LogP contribution is 2.28. The highest BCUT2D eigenvalue weighted by Gasteiger charge is 2.15. The second-order valence-corrected chi connectivity index (χ2v) is 7.93. The molecule has 0 bridgehead atoms. The SMILES string of the molecule is O=C(O)/C(=C\c1ccc(OCc2ccccc2)cc1OCc1ccccc1)NC(=O)c1ccccc1. The second kappa shape index (κ2) is 12.0. The Kier molecular flexibility index (Phi) is 8.12. The van der Waals surface area contributed by atoms with Crippen LogP contribution in [0.1, 0.15) is 27.0 Å². The Morgan fingerprint density at radius 2 is 1.28 bits per heavy atom. The van der Waals surface area contributed by atoms with Gasteiger partial charge in [0.25, 0.3) is 5.91 Å². The maximum absolute atomic E-state index is 12.6. The Hall–Kier alpha value is -4.84. The van der Waals surface area contributed by atoms with Crippen molar-refractivity contribution in [2.75, 3.05) is 0 Å². The molecule has 1 amide bonds. The van der Waals surface area contributed by atoms with Gasteiger partial charge in [-0.15, -0.1) is 0 Å². The zero-order chi connectivity index (χ0) is 25.2. The van der Waals surface area contributed by atoms with Crippen LogP contribution in [0.15, 0.2) is 115 Å². The van der Waals surface area contributed by atoms with Crippen molar-refractivity contribution in [3.8, 4) is 11.5 Å². The van der Waals surface area contributed by atoms with E-state index in [0.717, 1.165) is 11.1 Å². The topological polar surface area (TPSA) is 84.9 Å². The van der Waals surface area contributed by atoms with Gasteiger partial charge >= 0.3 is 5.97 Å². The molecule has 180 valence electrons. The monoisotopic (exact) mass is 479 g/mol. The molecule has 0 radical (unpaired) electrons. The molecule has 0 aliphatic heterocycles. The van der Waals surface area contributed by atoms with Gasteiger partial charge in [0.2, 0.25) is 0 Å². The van der Waals surface area contributed by atoms with Crippen LogP contribution in [0.3, 0.4) is 0 Å². The van der Waals surface area contributed by atoms with Crippen LogP contribution in [0, 0.1) is 0 Å². The molecule has 0 spiro atoms. The Morgan fingerprint density at radius 3 is 1.86 bits per heavy atom. The fourth-order valence-corrected chi connectivity index (χ4v) is 3.42. The lowest BCUT2D eigenvalue weighted by Crippen LogP contribution is -2.27. The number of carboxylic acids is 1. The zero-order valence-corrected chi connectivity index (χ0v) is 19.5. The minimum absolute atomic E-state index is 0.272. The van der Waals surface area contributed by atoms with Gasteiger partial charge in [-0.1, -0.05) is 78.9 Å². The average molecular weight is 480 g/mol. The predicted molar refractivity (Wildman–Crippen MR) is 138 cm³/mol. The fraction of sp³-hybridized carbons (Fsp3) is 0.0667. The van der Waals surface area contributed by atoms with Crippen molar-refractivity contribution in [3.63, 3.8) is 0 Å². The van der Waals surface area contributed by atoms with E-state index in [1.165, 1.54) is 6.08 Å². The van der Waals surface area contributed by atoms with Crippen molar-refractivity contribution < 1.29 is 24.2 Å². The standard InChI is InChI=1S/C30H25NO5/c32-29(24-14-8-3-9-15-24)31-27(30(33)34)18-25-16-17-26(35-20-22-10-4-1-5-11-22)19-28(25)36-21-23-12-6-2-7-13-23/h1-19H,20-21H2,(H,31,32)(H,33,34)/b27-18+. The quantitative estimate of drug-likeness (QED) is 0.285. The number of hydrogen-bond donors (Lipinski definition) is 2. The molecule has 0 heterocycles. The van der Waals surface area contributed by atoms with E-state index in [2.05, 4.69) is 5.32 Å². The van der Waals surface area contributed by atoms with E-state index < -0.39 is 11.9 Å². The summed E-state index contributed by atoms with van der Waals surface area (Å²) in [5.41, 5.74) is 2.55. The molecule has 36 heavy (non-hydrogen) atoms. The Balaban J connectivity index is 1.60. The molecule has 0 saturated carbocycles.